The lowest BCUT2D eigenvalue weighted by molar-refractivity contribution is -0.917. The number of benzene rings is 2. The monoisotopic (exact) mass is 414 g/mol. The number of nitrogens with zero attached hydrogens (tertiary/aromatic N) is 2. The van der Waals surface area contributed by atoms with E-state index in [1.54, 1.807) is 15.6 Å². The van der Waals surface area contributed by atoms with E-state index in [2.05, 4.69) is 17.5 Å². The summed E-state index contributed by atoms with van der Waals surface area (Å²) in [5.41, 5.74) is 3.07. The summed E-state index contributed by atoms with van der Waals surface area (Å²) in [6.45, 7) is 3.61. The smallest absolute Gasteiger partial charge is 0.218 e. The van der Waals surface area contributed by atoms with E-state index in [-0.39, 0.29) is 5.75 Å². The zero-order valence-corrected chi connectivity index (χ0v) is 17.3. The average Bonchev–Trinajstić information content (AvgIpc) is 3.18. The van der Waals surface area contributed by atoms with Crippen molar-refractivity contribution < 1.29 is 13.3 Å². The fourth-order valence-electron chi connectivity index (χ4n) is 3.49. The predicted molar refractivity (Wildman–Crippen MR) is 113 cm³/mol. The van der Waals surface area contributed by atoms with E-state index in [9.17, 15) is 8.42 Å². The molecule has 0 bridgehead atoms. The number of rotatable bonds is 6. The minimum Gasteiger partial charge on any atom is -0.328 e. The van der Waals surface area contributed by atoms with Crippen molar-refractivity contribution in [1.29, 1.82) is 0 Å². The van der Waals surface area contributed by atoms with Gasteiger partial charge < -0.3 is 4.90 Å². The molecule has 1 fully saturated rings. The molecule has 1 aliphatic rings. The Bertz CT molecular complexity index is 996. The van der Waals surface area contributed by atoms with Crippen LogP contribution in [0.3, 0.4) is 0 Å². The van der Waals surface area contributed by atoms with Crippen molar-refractivity contribution in [2.75, 3.05) is 26.2 Å². The maximum Gasteiger partial charge on any atom is 0.218 e. The van der Waals surface area contributed by atoms with Crippen molar-refractivity contribution in [3.05, 3.63) is 77.3 Å². The second-order valence-corrected chi connectivity index (χ2v) is 9.90. The lowest BCUT2D eigenvalue weighted by atomic mass is 10.2. The largest absolute Gasteiger partial charge is 0.328 e. The van der Waals surface area contributed by atoms with E-state index in [0.717, 1.165) is 41.5 Å². The first-order valence-electron chi connectivity index (χ1n) is 9.45. The summed E-state index contributed by atoms with van der Waals surface area (Å²) in [7, 11) is -3.26. The molecule has 0 saturated carbocycles. The molecule has 1 saturated heterocycles. The summed E-state index contributed by atoms with van der Waals surface area (Å²) < 4.78 is 27.0. The number of sulfonamides is 1. The molecule has 2 aromatic carbocycles. The predicted octanol–water partition coefficient (Wildman–Crippen LogP) is 2.04. The SMILES string of the molecule is O=S(=O)(Cc1ccccc1)N1CC[NH+](Cc2csc(-c3ccccc3)n2)CC1. The standard InChI is InChI=1S/C21H23N3O2S2/c25-28(26,17-18-7-3-1-4-8-18)24-13-11-23(12-14-24)15-20-16-27-21(22-20)19-9-5-2-6-10-19/h1-10,16H,11-15,17H2/p+1. The molecule has 146 valence electrons. The van der Waals surface area contributed by atoms with Gasteiger partial charge in [-0.3, -0.25) is 0 Å². The van der Waals surface area contributed by atoms with Crippen LogP contribution in [0.1, 0.15) is 11.3 Å². The Morgan fingerprint density at radius 1 is 0.964 bits per heavy atom. The molecule has 0 unspecified atom stereocenters. The molecule has 28 heavy (non-hydrogen) atoms. The van der Waals surface area contributed by atoms with Gasteiger partial charge in [0.15, 0.2) is 0 Å². The van der Waals surface area contributed by atoms with Gasteiger partial charge in [0.05, 0.1) is 31.9 Å². The van der Waals surface area contributed by atoms with Gasteiger partial charge in [0, 0.05) is 10.9 Å². The zero-order chi connectivity index (χ0) is 19.4. The van der Waals surface area contributed by atoms with E-state index in [4.69, 9.17) is 4.98 Å². The number of quaternary nitrogens is 1. The summed E-state index contributed by atoms with van der Waals surface area (Å²) in [5.74, 6) is 0.0791. The number of hydrogen-bond acceptors (Lipinski definition) is 4. The molecule has 5 nitrogen and oxygen atoms in total. The van der Waals surface area contributed by atoms with E-state index in [0.29, 0.717) is 13.1 Å². The molecule has 7 heteroatoms. The van der Waals surface area contributed by atoms with E-state index in [1.165, 1.54) is 4.90 Å². The molecule has 0 spiro atoms. The highest BCUT2D eigenvalue weighted by Gasteiger charge is 2.29. The Morgan fingerprint density at radius 3 is 2.29 bits per heavy atom. The lowest BCUT2D eigenvalue weighted by Crippen LogP contribution is -3.13. The average molecular weight is 415 g/mol. The summed E-state index contributed by atoms with van der Waals surface area (Å²) in [6.07, 6.45) is 0. The molecule has 1 aromatic heterocycles. The molecular formula is C21H24N3O2S2+. The van der Waals surface area contributed by atoms with Crippen LogP contribution >= 0.6 is 11.3 Å². The summed E-state index contributed by atoms with van der Waals surface area (Å²) in [4.78, 5) is 6.15. The van der Waals surface area contributed by atoms with E-state index < -0.39 is 10.0 Å². The Morgan fingerprint density at radius 2 is 1.61 bits per heavy atom. The van der Waals surface area contributed by atoms with Gasteiger partial charge >= 0.3 is 0 Å². The fraction of sp³-hybridized carbons (Fsp3) is 0.286. The Balaban J connectivity index is 1.33. The first kappa shape index (κ1) is 19.3. The lowest BCUT2D eigenvalue weighted by Gasteiger charge is -2.31. The van der Waals surface area contributed by atoms with Crippen molar-refractivity contribution in [1.82, 2.24) is 9.29 Å². The van der Waals surface area contributed by atoms with Gasteiger partial charge in [0.25, 0.3) is 0 Å². The van der Waals surface area contributed by atoms with Crippen LogP contribution in [0.4, 0.5) is 0 Å². The summed E-state index contributed by atoms with van der Waals surface area (Å²) in [5, 5.41) is 3.16. The molecule has 0 radical (unpaired) electrons. The summed E-state index contributed by atoms with van der Waals surface area (Å²) in [6, 6.07) is 19.6. The molecule has 1 N–H and O–H groups in total. The second kappa shape index (κ2) is 8.53. The van der Waals surface area contributed by atoms with Crippen LogP contribution in [0.5, 0.6) is 0 Å². The maximum atomic E-state index is 12.7. The van der Waals surface area contributed by atoms with E-state index in [1.807, 2.05) is 48.5 Å². The van der Waals surface area contributed by atoms with Gasteiger partial charge in [-0.25, -0.2) is 13.4 Å². The molecule has 0 aliphatic carbocycles. The molecule has 4 rings (SSSR count). The molecule has 3 aromatic rings. The molecule has 1 aliphatic heterocycles. The third-order valence-corrected chi connectivity index (χ3v) is 7.81. The van der Waals surface area contributed by atoms with Crippen molar-refractivity contribution in [2.24, 2.45) is 0 Å². The van der Waals surface area contributed by atoms with Crippen LogP contribution in [0.25, 0.3) is 10.6 Å². The van der Waals surface area contributed by atoms with Crippen LogP contribution in [-0.2, 0) is 22.3 Å². The van der Waals surface area contributed by atoms with Crippen LogP contribution in [-0.4, -0.2) is 43.9 Å². The number of aromatic nitrogens is 1. The molecule has 2 heterocycles. The highest BCUT2D eigenvalue weighted by Crippen LogP contribution is 2.22. The van der Waals surface area contributed by atoms with Gasteiger partial charge in [-0.2, -0.15) is 4.31 Å². The van der Waals surface area contributed by atoms with Gasteiger partial charge in [-0.15, -0.1) is 11.3 Å². The van der Waals surface area contributed by atoms with Crippen molar-refractivity contribution >= 4 is 21.4 Å². The number of nitrogens with one attached hydrogen (secondary N) is 1. The molecule has 0 amide bonds. The van der Waals surface area contributed by atoms with Gasteiger partial charge in [-0.1, -0.05) is 60.7 Å². The van der Waals surface area contributed by atoms with E-state index >= 15 is 0 Å². The first-order chi connectivity index (χ1) is 13.6. The number of hydrogen-bond donors (Lipinski definition) is 1. The zero-order valence-electron chi connectivity index (χ0n) is 15.6. The van der Waals surface area contributed by atoms with Crippen molar-refractivity contribution in [3.8, 4) is 10.6 Å². The van der Waals surface area contributed by atoms with Gasteiger partial charge in [0.2, 0.25) is 10.0 Å². The summed E-state index contributed by atoms with van der Waals surface area (Å²) >= 11 is 1.67. The minimum absolute atomic E-state index is 0.0791. The van der Waals surface area contributed by atoms with Crippen LogP contribution in [0.15, 0.2) is 66.0 Å². The Hall–Kier alpha value is -2.06. The highest BCUT2D eigenvalue weighted by molar-refractivity contribution is 7.88. The van der Waals surface area contributed by atoms with Crippen LogP contribution in [0, 0.1) is 0 Å². The number of piperazine rings is 1. The van der Waals surface area contributed by atoms with Gasteiger partial charge in [-0.05, 0) is 5.56 Å². The highest BCUT2D eigenvalue weighted by atomic mass is 32.2. The Kier molecular flexibility index (Phi) is 5.87. The topological polar surface area (TPSA) is 54.7 Å². The van der Waals surface area contributed by atoms with Crippen LogP contribution < -0.4 is 4.90 Å². The van der Waals surface area contributed by atoms with Crippen molar-refractivity contribution in [2.45, 2.75) is 12.3 Å². The Labute approximate surface area is 170 Å². The third-order valence-electron chi connectivity index (χ3n) is 5.02. The van der Waals surface area contributed by atoms with Crippen molar-refractivity contribution in [3.63, 3.8) is 0 Å². The minimum atomic E-state index is -3.26. The van der Waals surface area contributed by atoms with Crippen LogP contribution in [0.2, 0.25) is 0 Å². The quantitative estimate of drug-likeness (QED) is 0.672. The fourth-order valence-corrected chi connectivity index (χ4v) is 5.85. The molecular weight excluding hydrogens is 390 g/mol. The normalized spacial score (nSPS) is 16.3. The maximum absolute atomic E-state index is 12.7. The number of thiazole rings is 1. The second-order valence-electron chi connectivity index (χ2n) is 7.08. The van der Waals surface area contributed by atoms with Gasteiger partial charge in [0.1, 0.15) is 17.2 Å². The third kappa shape index (κ3) is 4.67. The molecule has 0 atom stereocenters. The first-order valence-corrected chi connectivity index (χ1v) is 11.9.